The van der Waals surface area contributed by atoms with Crippen molar-refractivity contribution in [3.8, 4) is 0 Å². The molecule has 3 atom stereocenters. The van der Waals surface area contributed by atoms with Crippen molar-refractivity contribution < 1.29 is 0 Å². The second-order valence-corrected chi connectivity index (χ2v) is 7.49. The molecule has 0 heteroatoms. The lowest BCUT2D eigenvalue weighted by Crippen LogP contribution is -2.32. The summed E-state index contributed by atoms with van der Waals surface area (Å²) >= 11 is 0. The molecular formula is C18H32. The van der Waals surface area contributed by atoms with Crippen LogP contribution in [0.25, 0.3) is 0 Å². The lowest BCUT2D eigenvalue weighted by atomic mass is 9.63. The second-order valence-electron chi connectivity index (χ2n) is 7.49. The molecule has 0 N–H and O–H groups in total. The van der Waals surface area contributed by atoms with E-state index in [1.807, 2.05) is 5.57 Å². The van der Waals surface area contributed by atoms with E-state index in [0.29, 0.717) is 5.41 Å². The topological polar surface area (TPSA) is 0 Å². The van der Waals surface area contributed by atoms with Crippen molar-refractivity contribution in [1.82, 2.24) is 0 Å². The highest BCUT2D eigenvalue weighted by Gasteiger charge is 2.46. The second kappa shape index (κ2) is 5.80. The van der Waals surface area contributed by atoms with Crippen LogP contribution in [0.2, 0.25) is 0 Å². The zero-order valence-corrected chi connectivity index (χ0v) is 13.0. The minimum absolute atomic E-state index is 0.579. The molecule has 104 valence electrons. The molecule has 0 nitrogen and oxygen atoms in total. The van der Waals surface area contributed by atoms with Crippen LogP contribution in [0.4, 0.5) is 0 Å². The summed E-state index contributed by atoms with van der Waals surface area (Å²) in [6, 6.07) is 0. The maximum absolute atomic E-state index is 2.63. The van der Waals surface area contributed by atoms with E-state index in [-0.39, 0.29) is 0 Å². The van der Waals surface area contributed by atoms with E-state index in [4.69, 9.17) is 0 Å². The van der Waals surface area contributed by atoms with Crippen molar-refractivity contribution in [3.05, 3.63) is 11.6 Å². The normalized spacial score (nSPS) is 38.4. The third kappa shape index (κ3) is 2.83. The van der Waals surface area contributed by atoms with Crippen molar-refractivity contribution in [2.24, 2.45) is 23.2 Å². The summed E-state index contributed by atoms with van der Waals surface area (Å²) < 4.78 is 0. The summed E-state index contributed by atoms with van der Waals surface area (Å²) in [7, 11) is 0. The fourth-order valence-corrected chi connectivity index (χ4v) is 4.54. The molecule has 0 heterocycles. The monoisotopic (exact) mass is 248 g/mol. The van der Waals surface area contributed by atoms with Gasteiger partial charge in [0.2, 0.25) is 0 Å². The molecule has 0 aromatic heterocycles. The fourth-order valence-electron chi connectivity index (χ4n) is 4.54. The summed E-state index contributed by atoms with van der Waals surface area (Å²) in [5.74, 6) is 2.82. The molecule has 0 bridgehead atoms. The van der Waals surface area contributed by atoms with Gasteiger partial charge in [0.1, 0.15) is 0 Å². The van der Waals surface area contributed by atoms with Crippen molar-refractivity contribution in [3.63, 3.8) is 0 Å². The Bertz CT molecular complexity index is 299. The molecule has 0 aliphatic heterocycles. The molecule has 0 aromatic carbocycles. The van der Waals surface area contributed by atoms with Gasteiger partial charge in [-0.25, -0.2) is 0 Å². The summed E-state index contributed by atoms with van der Waals surface area (Å²) in [4.78, 5) is 0. The highest BCUT2D eigenvalue weighted by Crippen LogP contribution is 2.57. The maximum Gasteiger partial charge on any atom is -0.00855 e. The standard InChI is InChI=1S/C18H32/c1-14(2)8-5-6-10-16-11-12-17-15(3)9-7-13-18(16,17)4/h10,14-15,17H,5-9,11-13H2,1-4H3/t15-,17-,18+/m0/s1. The average molecular weight is 248 g/mol. The number of hydrogen-bond acceptors (Lipinski definition) is 0. The van der Waals surface area contributed by atoms with E-state index >= 15 is 0 Å². The molecule has 0 unspecified atom stereocenters. The van der Waals surface area contributed by atoms with Gasteiger partial charge in [-0.1, -0.05) is 58.6 Å². The van der Waals surface area contributed by atoms with Gasteiger partial charge >= 0.3 is 0 Å². The number of fused-ring (bicyclic) bond motifs is 1. The van der Waals surface area contributed by atoms with Crippen molar-refractivity contribution in [2.75, 3.05) is 0 Å². The zero-order valence-electron chi connectivity index (χ0n) is 13.0. The number of allylic oxidation sites excluding steroid dienone is 2. The Labute approximate surface area is 114 Å². The first-order chi connectivity index (χ1) is 8.54. The van der Waals surface area contributed by atoms with E-state index in [1.165, 1.54) is 51.4 Å². The maximum atomic E-state index is 2.63. The zero-order chi connectivity index (χ0) is 13.2. The van der Waals surface area contributed by atoms with Crippen molar-refractivity contribution in [2.45, 2.75) is 79.1 Å². The molecule has 0 amide bonds. The van der Waals surface area contributed by atoms with Crippen LogP contribution in [-0.4, -0.2) is 0 Å². The quantitative estimate of drug-likeness (QED) is 0.424. The van der Waals surface area contributed by atoms with Crippen LogP contribution < -0.4 is 0 Å². The molecule has 2 aliphatic carbocycles. The molecule has 0 spiro atoms. The third-order valence-electron chi connectivity index (χ3n) is 5.70. The van der Waals surface area contributed by atoms with Gasteiger partial charge in [-0.15, -0.1) is 0 Å². The Morgan fingerprint density at radius 1 is 1.33 bits per heavy atom. The molecule has 0 aromatic rings. The van der Waals surface area contributed by atoms with Crippen LogP contribution in [-0.2, 0) is 0 Å². The smallest absolute Gasteiger partial charge is 0.00855 e. The number of hydrogen-bond donors (Lipinski definition) is 0. The largest absolute Gasteiger partial charge is 0.0848 e. The van der Waals surface area contributed by atoms with E-state index in [0.717, 1.165) is 17.8 Å². The predicted octanol–water partition coefficient (Wildman–Crippen LogP) is 5.98. The van der Waals surface area contributed by atoms with Crippen molar-refractivity contribution >= 4 is 0 Å². The van der Waals surface area contributed by atoms with Crippen LogP contribution in [0.3, 0.4) is 0 Å². The number of rotatable bonds is 4. The summed E-state index contributed by atoms with van der Waals surface area (Å²) in [6.45, 7) is 9.73. The summed E-state index contributed by atoms with van der Waals surface area (Å²) in [5.41, 5.74) is 2.40. The Hall–Kier alpha value is -0.260. The minimum atomic E-state index is 0.579. The Morgan fingerprint density at radius 2 is 2.11 bits per heavy atom. The van der Waals surface area contributed by atoms with Gasteiger partial charge in [-0.05, 0) is 55.3 Å². The molecular weight excluding hydrogens is 216 g/mol. The Morgan fingerprint density at radius 3 is 2.83 bits per heavy atom. The van der Waals surface area contributed by atoms with Crippen molar-refractivity contribution in [1.29, 1.82) is 0 Å². The van der Waals surface area contributed by atoms with E-state index in [2.05, 4.69) is 33.8 Å². The van der Waals surface area contributed by atoms with Crippen LogP contribution in [0.1, 0.15) is 79.1 Å². The highest BCUT2D eigenvalue weighted by atomic mass is 14.5. The van der Waals surface area contributed by atoms with Crippen LogP contribution >= 0.6 is 0 Å². The predicted molar refractivity (Wildman–Crippen MR) is 80.6 cm³/mol. The molecule has 18 heavy (non-hydrogen) atoms. The first kappa shape index (κ1) is 14.2. The van der Waals surface area contributed by atoms with Gasteiger partial charge in [0.15, 0.2) is 0 Å². The minimum Gasteiger partial charge on any atom is -0.0848 e. The molecule has 0 saturated heterocycles. The van der Waals surface area contributed by atoms with Gasteiger partial charge in [-0.3, -0.25) is 0 Å². The first-order valence-corrected chi connectivity index (χ1v) is 8.23. The lowest BCUT2D eigenvalue weighted by molar-refractivity contribution is 0.126. The SMILES string of the molecule is CC(C)CCCC=C1CC[C@H]2[C@@H](C)CCC[C@]12C. The van der Waals surface area contributed by atoms with Crippen LogP contribution in [0.15, 0.2) is 11.6 Å². The summed E-state index contributed by atoms with van der Waals surface area (Å²) in [6.07, 6.45) is 14.0. The Kier molecular flexibility index (Phi) is 4.56. The highest BCUT2D eigenvalue weighted by molar-refractivity contribution is 5.22. The molecule has 2 rings (SSSR count). The fraction of sp³-hybridized carbons (Fsp3) is 0.889. The van der Waals surface area contributed by atoms with E-state index in [1.54, 1.807) is 0 Å². The average Bonchev–Trinajstić information content (AvgIpc) is 2.63. The Balaban J connectivity index is 1.95. The third-order valence-corrected chi connectivity index (χ3v) is 5.70. The van der Waals surface area contributed by atoms with Gasteiger partial charge in [0.25, 0.3) is 0 Å². The van der Waals surface area contributed by atoms with Gasteiger partial charge in [0.05, 0.1) is 0 Å². The number of unbranched alkanes of at least 4 members (excludes halogenated alkanes) is 1. The van der Waals surface area contributed by atoms with E-state index < -0.39 is 0 Å². The van der Waals surface area contributed by atoms with Crippen LogP contribution in [0.5, 0.6) is 0 Å². The molecule has 2 fully saturated rings. The lowest BCUT2D eigenvalue weighted by Gasteiger charge is -2.41. The van der Waals surface area contributed by atoms with Crippen LogP contribution in [0, 0.1) is 23.2 Å². The molecule has 0 radical (unpaired) electrons. The van der Waals surface area contributed by atoms with Gasteiger partial charge in [0, 0.05) is 0 Å². The molecule has 2 aliphatic rings. The summed E-state index contributed by atoms with van der Waals surface area (Å²) in [5, 5.41) is 0. The van der Waals surface area contributed by atoms with Gasteiger partial charge in [-0.2, -0.15) is 0 Å². The molecule has 2 saturated carbocycles. The first-order valence-electron chi connectivity index (χ1n) is 8.23. The van der Waals surface area contributed by atoms with E-state index in [9.17, 15) is 0 Å². The van der Waals surface area contributed by atoms with Gasteiger partial charge < -0.3 is 0 Å².